The Bertz CT molecular complexity index is 493. The highest BCUT2D eigenvalue weighted by Gasteiger charge is 2.21. The van der Waals surface area contributed by atoms with Gasteiger partial charge in [-0.1, -0.05) is 36.8 Å². The van der Waals surface area contributed by atoms with Gasteiger partial charge in [0.25, 0.3) is 0 Å². The van der Waals surface area contributed by atoms with Crippen molar-refractivity contribution in [3.63, 3.8) is 0 Å². The normalized spacial score (nSPS) is 23.1. The zero-order valence-corrected chi connectivity index (χ0v) is 14.5. The molecule has 2 saturated heterocycles. The SMILES string of the molecule is O=C(NCCN1CCN(Cc2ccccc2)CC1)[C@H]1CCCCN1. The van der Waals surface area contributed by atoms with Crippen molar-refractivity contribution in [2.24, 2.45) is 0 Å². The maximum atomic E-state index is 12.1. The summed E-state index contributed by atoms with van der Waals surface area (Å²) in [6.45, 7) is 8.11. The average molecular weight is 330 g/mol. The molecule has 2 aliphatic rings. The van der Waals surface area contributed by atoms with Crippen LogP contribution in [0, 0.1) is 0 Å². The Morgan fingerprint density at radius 3 is 2.54 bits per heavy atom. The minimum atomic E-state index is 0.0291. The van der Waals surface area contributed by atoms with Crippen LogP contribution in [0.25, 0.3) is 0 Å². The standard InChI is InChI=1S/C19H30N4O/c24-19(18-8-4-5-9-20-18)21-10-11-22-12-14-23(15-13-22)16-17-6-2-1-3-7-17/h1-3,6-7,18,20H,4-5,8-16H2,(H,21,24)/t18-/m1/s1. The summed E-state index contributed by atoms with van der Waals surface area (Å²) in [5.74, 6) is 0.178. The fourth-order valence-electron chi connectivity index (χ4n) is 3.55. The molecule has 0 unspecified atom stereocenters. The third kappa shape index (κ3) is 5.30. The fraction of sp³-hybridized carbons (Fsp3) is 0.632. The van der Waals surface area contributed by atoms with Crippen LogP contribution in [-0.4, -0.2) is 67.6 Å². The summed E-state index contributed by atoms with van der Waals surface area (Å²) in [7, 11) is 0. The number of hydrogen-bond acceptors (Lipinski definition) is 4. The highest BCUT2D eigenvalue weighted by Crippen LogP contribution is 2.08. The Labute approximate surface area is 145 Å². The number of benzene rings is 1. The van der Waals surface area contributed by atoms with Crippen molar-refractivity contribution in [2.45, 2.75) is 31.8 Å². The van der Waals surface area contributed by atoms with Gasteiger partial charge in [-0.25, -0.2) is 0 Å². The van der Waals surface area contributed by atoms with Gasteiger partial charge in [0.15, 0.2) is 0 Å². The summed E-state index contributed by atoms with van der Waals surface area (Å²) in [5.41, 5.74) is 1.39. The Hall–Kier alpha value is -1.43. The van der Waals surface area contributed by atoms with Crippen LogP contribution in [0.1, 0.15) is 24.8 Å². The van der Waals surface area contributed by atoms with Crippen molar-refractivity contribution in [2.75, 3.05) is 45.8 Å². The lowest BCUT2D eigenvalue weighted by molar-refractivity contribution is -0.123. The highest BCUT2D eigenvalue weighted by molar-refractivity contribution is 5.81. The number of nitrogens with zero attached hydrogens (tertiary/aromatic N) is 2. The van der Waals surface area contributed by atoms with Crippen LogP contribution in [0.5, 0.6) is 0 Å². The predicted molar refractivity (Wildman–Crippen MR) is 96.8 cm³/mol. The smallest absolute Gasteiger partial charge is 0.237 e. The molecule has 24 heavy (non-hydrogen) atoms. The van der Waals surface area contributed by atoms with Gasteiger partial charge in [-0.15, -0.1) is 0 Å². The molecule has 0 spiro atoms. The summed E-state index contributed by atoms with van der Waals surface area (Å²) >= 11 is 0. The number of carbonyl (C=O) groups excluding carboxylic acids is 1. The minimum absolute atomic E-state index is 0.0291. The molecule has 2 fully saturated rings. The van der Waals surface area contributed by atoms with Crippen LogP contribution in [0.4, 0.5) is 0 Å². The van der Waals surface area contributed by atoms with E-state index < -0.39 is 0 Å². The highest BCUT2D eigenvalue weighted by atomic mass is 16.2. The molecule has 2 N–H and O–H groups in total. The molecule has 1 amide bonds. The van der Waals surface area contributed by atoms with Gasteiger partial charge >= 0.3 is 0 Å². The second-order valence-corrected chi connectivity index (χ2v) is 6.90. The quantitative estimate of drug-likeness (QED) is 0.819. The van der Waals surface area contributed by atoms with Crippen LogP contribution >= 0.6 is 0 Å². The first-order valence-corrected chi connectivity index (χ1v) is 9.31. The molecule has 0 aliphatic carbocycles. The summed E-state index contributed by atoms with van der Waals surface area (Å²) in [6, 6.07) is 10.7. The first kappa shape index (κ1) is 17.4. The topological polar surface area (TPSA) is 47.6 Å². The maximum absolute atomic E-state index is 12.1. The van der Waals surface area contributed by atoms with Crippen LogP contribution in [0.15, 0.2) is 30.3 Å². The van der Waals surface area contributed by atoms with E-state index in [0.717, 1.165) is 65.2 Å². The van der Waals surface area contributed by atoms with Crippen LogP contribution in [0.3, 0.4) is 0 Å². The van der Waals surface area contributed by atoms with E-state index in [9.17, 15) is 4.79 Å². The molecule has 5 heteroatoms. The number of amides is 1. The van der Waals surface area contributed by atoms with Gasteiger partial charge in [0.1, 0.15) is 0 Å². The van der Waals surface area contributed by atoms with Crippen LogP contribution in [-0.2, 0) is 11.3 Å². The number of piperazine rings is 1. The van der Waals surface area contributed by atoms with E-state index in [1.165, 1.54) is 12.0 Å². The molecule has 1 aromatic carbocycles. The zero-order chi connectivity index (χ0) is 16.6. The lowest BCUT2D eigenvalue weighted by atomic mass is 10.0. The van der Waals surface area contributed by atoms with Crippen molar-refractivity contribution in [3.8, 4) is 0 Å². The Morgan fingerprint density at radius 1 is 1.08 bits per heavy atom. The van der Waals surface area contributed by atoms with Crippen molar-refractivity contribution in [1.29, 1.82) is 0 Å². The monoisotopic (exact) mass is 330 g/mol. The van der Waals surface area contributed by atoms with E-state index in [1.807, 2.05) is 0 Å². The average Bonchev–Trinajstić information content (AvgIpc) is 2.65. The van der Waals surface area contributed by atoms with E-state index in [1.54, 1.807) is 0 Å². The third-order valence-electron chi connectivity index (χ3n) is 5.07. The van der Waals surface area contributed by atoms with Gasteiger partial charge in [-0.3, -0.25) is 14.6 Å². The molecule has 1 atom stereocenters. The van der Waals surface area contributed by atoms with Crippen molar-refractivity contribution < 1.29 is 4.79 Å². The van der Waals surface area contributed by atoms with Crippen LogP contribution in [0.2, 0.25) is 0 Å². The lowest BCUT2D eigenvalue weighted by Gasteiger charge is -2.34. The second-order valence-electron chi connectivity index (χ2n) is 6.90. The van der Waals surface area contributed by atoms with E-state index >= 15 is 0 Å². The van der Waals surface area contributed by atoms with Gasteiger partial charge in [-0.05, 0) is 24.9 Å². The Kier molecular flexibility index (Phi) is 6.64. The summed E-state index contributed by atoms with van der Waals surface area (Å²) in [5, 5.41) is 6.40. The fourth-order valence-corrected chi connectivity index (χ4v) is 3.55. The van der Waals surface area contributed by atoms with Gasteiger partial charge in [0.05, 0.1) is 6.04 Å². The summed E-state index contributed by atoms with van der Waals surface area (Å²) in [4.78, 5) is 17.1. The van der Waals surface area contributed by atoms with Crippen molar-refractivity contribution >= 4 is 5.91 Å². The lowest BCUT2D eigenvalue weighted by Crippen LogP contribution is -2.50. The number of rotatable bonds is 6. The summed E-state index contributed by atoms with van der Waals surface area (Å²) < 4.78 is 0. The van der Waals surface area contributed by atoms with Gasteiger partial charge in [0.2, 0.25) is 5.91 Å². The molecule has 2 aliphatic heterocycles. The van der Waals surface area contributed by atoms with Gasteiger partial charge in [-0.2, -0.15) is 0 Å². The maximum Gasteiger partial charge on any atom is 0.237 e. The van der Waals surface area contributed by atoms with E-state index in [-0.39, 0.29) is 11.9 Å². The van der Waals surface area contributed by atoms with Gasteiger partial charge in [0, 0.05) is 45.8 Å². The predicted octanol–water partition coefficient (Wildman–Crippen LogP) is 1.06. The van der Waals surface area contributed by atoms with E-state index in [2.05, 4.69) is 50.8 Å². The summed E-state index contributed by atoms with van der Waals surface area (Å²) in [6.07, 6.45) is 3.33. The Morgan fingerprint density at radius 2 is 1.83 bits per heavy atom. The van der Waals surface area contributed by atoms with E-state index in [4.69, 9.17) is 0 Å². The molecule has 132 valence electrons. The van der Waals surface area contributed by atoms with Crippen molar-refractivity contribution in [3.05, 3.63) is 35.9 Å². The number of nitrogens with one attached hydrogen (secondary N) is 2. The first-order chi connectivity index (χ1) is 11.8. The molecule has 0 saturated carbocycles. The second kappa shape index (κ2) is 9.16. The minimum Gasteiger partial charge on any atom is -0.353 e. The molecule has 1 aromatic rings. The van der Waals surface area contributed by atoms with Gasteiger partial charge < -0.3 is 10.6 Å². The zero-order valence-electron chi connectivity index (χ0n) is 14.5. The first-order valence-electron chi connectivity index (χ1n) is 9.31. The molecule has 0 aromatic heterocycles. The van der Waals surface area contributed by atoms with E-state index in [0.29, 0.717) is 0 Å². The number of carbonyl (C=O) groups is 1. The molecular formula is C19H30N4O. The number of piperidine rings is 1. The molecule has 5 nitrogen and oxygen atoms in total. The molecule has 3 rings (SSSR count). The molecule has 2 heterocycles. The third-order valence-corrected chi connectivity index (χ3v) is 5.07. The van der Waals surface area contributed by atoms with Crippen molar-refractivity contribution in [1.82, 2.24) is 20.4 Å². The molecular weight excluding hydrogens is 300 g/mol. The number of hydrogen-bond donors (Lipinski definition) is 2. The molecule has 0 bridgehead atoms. The largest absolute Gasteiger partial charge is 0.353 e. The molecule has 0 radical (unpaired) electrons. The Balaban J connectivity index is 1.30. The van der Waals surface area contributed by atoms with Crippen LogP contribution < -0.4 is 10.6 Å².